The van der Waals surface area contributed by atoms with Crippen molar-refractivity contribution < 1.29 is 13.0 Å². The van der Waals surface area contributed by atoms with Crippen LogP contribution < -0.4 is 0 Å². The maximum atomic E-state index is 7.72. The number of fused-ring (bicyclic) bond motifs is 1. The molecule has 66 heavy (non-hydrogen) atoms. The molecule has 0 aromatic rings. The van der Waals surface area contributed by atoms with E-state index in [9.17, 15) is 0 Å². The fourth-order valence-electron chi connectivity index (χ4n) is 9.39. The number of hydrogen-bond acceptors (Lipinski definition) is 2. The number of allylic oxidation sites excluding steroid dienone is 6. The first-order chi connectivity index (χ1) is 29.4. The van der Waals surface area contributed by atoms with Gasteiger partial charge in [0.05, 0.1) is 16.7 Å². The molecule has 3 aliphatic carbocycles. The van der Waals surface area contributed by atoms with Crippen LogP contribution in [-0.4, -0.2) is 173 Å². The van der Waals surface area contributed by atoms with Crippen molar-refractivity contribution >= 4 is 185 Å². The van der Waals surface area contributed by atoms with E-state index in [-0.39, 0.29) is 20.5 Å². The second-order valence-corrected chi connectivity index (χ2v) is 40.0. The first kappa shape index (κ1) is 62.6. The summed E-state index contributed by atoms with van der Waals surface area (Å²) in [6.45, 7) is 44.3. The summed E-state index contributed by atoms with van der Waals surface area (Å²) in [4.78, 5) is 0. The van der Waals surface area contributed by atoms with Gasteiger partial charge in [-0.1, -0.05) is 125 Å². The van der Waals surface area contributed by atoms with Crippen molar-refractivity contribution in [3.8, 4) is 0 Å². The summed E-state index contributed by atoms with van der Waals surface area (Å²) >= 11 is 7.72. The molecule has 1 saturated carbocycles. The number of ketones is 1. The van der Waals surface area contributed by atoms with Gasteiger partial charge in [0, 0.05) is 159 Å². The Hall–Kier alpha value is 0.469. The minimum absolute atomic E-state index is 0.00161. The molecule has 1 fully saturated rings. The van der Waals surface area contributed by atoms with Crippen LogP contribution in [0.25, 0.3) is 0 Å². The molecule has 3 nitrogen and oxygen atoms in total. The van der Waals surface area contributed by atoms with Crippen molar-refractivity contribution in [2.45, 2.75) is 177 Å². The number of hydrogen-bond donors (Lipinski definition) is 0. The van der Waals surface area contributed by atoms with E-state index in [0.717, 1.165) is 23.5 Å². The summed E-state index contributed by atoms with van der Waals surface area (Å²) in [5.41, 5.74) is 4.31. The highest BCUT2D eigenvalue weighted by molar-refractivity contribution is 8.19. The van der Waals surface area contributed by atoms with E-state index in [0.29, 0.717) is 22.1 Å². The standard InChI is InChI=1S/C39H70ClO3Si3.B20/c1-27-21-22-32-38(11,12)23-20-24-39(32,13)29(27)25-28-30(41-44(14,15)35(2,3)4)26-31(42-45(16,17)36(5,6)7)34(33(28)40)43-46(18,19)37(8,9)10;1-12(2)17(11)20(18(13(3)4)14(5)6)19(15(7)8)16(9)10/h25-26,32H,20-24H2,1-19H3;/q-2;/b28-25+;/t32-,39+;/m0./s1. The second-order valence-electron chi connectivity index (χ2n) is 25.4. The van der Waals surface area contributed by atoms with Crippen molar-refractivity contribution in [3.63, 3.8) is 0 Å². The van der Waals surface area contributed by atoms with Crippen LogP contribution in [0.5, 0.6) is 0 Å². The lowest BCUT2D eigenvalue weighted by Crippen LogP contribution is -2.80. The predicted octanol–water partition coefficient (Wildman–Crippen LogP) is 5.74. The van der Waals surface area contributed by atoms with Gasteiger partial charge in [-0.05, 0) is 61.0 Å². The number of carbonyl (C=O) groups excluding carboxylic acids is 1. The number of rotatable bonds is 14. The Morgan fingerprint density at radius 1 is 0.667 bits per heavy atom. The average Bonchev–Trinajstić information content (AvgIpc) is 3.09. The van der Waals surface area contributed by atoms with Gasteiger partial charge in [0.15, 0.2) is 0 Å². The minimum Gasteiger partial charge on any atom is -0.686 e. The summed E-state index contributed by atoms with van der Waals surface area (Å²) in [5, 5.41) is 0.677. The molecule has 0 heterocycles. The maximum absolute atomic E-state index is 7.72. The fourth-order valence-corrected chi connectivity index (χ4v) is 12.8. The molecule has 0 aromatic heterocycles. The largest absolute Gasteiger partial charge is 0.686 e. The highest BCUT2D eigenvalue weighted by Crippen LogP contribution is 2.60. The Balaban J connectivity index is 0.000000628. The van der Waals surface area contributed by atoms with E-state index < -0.39 is 82.4 Å². The lowest BCUT2D eigenvalue weighted by molar-refractivity contribution is -0.310. The third kappa shape index (κ3) is 14.6. The summed E-state index contributed by atoms with van der Waals surface area (Å²) in [7, 11) is 56.4. The molecule has 3 aliphatic rings. The van der Waals surface area contributed by atoms with Crippen LogP contribution in [-0.2, 0) is 13.0 Å². The van der Waals surface area contributed by atoms with Crippen molar-refractivity contribution in [3.05, 3.63) is 45.4 Å². The third-order valence-corrected chi connectivity index (χ3v) is 30.0. The number of halogens is 1. The summed E-state index contributed by atoms with van der Waals surface area (Å²) in [5.74, 6) is 2.92. The van der Waals surface area contributed by atoms with Gasteiger partial charge in [-0.25, -0.2) is 0 Å². The van der Waals surface area contributed by atoms with Crippen molar-refractivity contribution in [1.82, 2.24) is 0 Å². The van der Waals surface area contributed by atoms with E-state index in [2.05, 4.69) is 141 Å². The molecule has 3 rings (SSSR count). The van der Waals surface area contributed by atoms with Gasteiger partial charge in [0.2, 0.25) is 0 Å². The molecule has 0 aliphatic heterocycles. The molecule has 0 unspecified atom stereocenters. The van der Waals surface area contributed by atoms with Gasteiger partial charge in [-0.2, -0.15) is 0 Å². The van der Waals surface area contributed by atoms with E-state index >= 15 is 0 Å². The Morgan fingerprint density at radius 3 is 1.50 bits per heavy atom. The van der Waals surface area contributed by atoms with Crippen LogP contribution in [0.1, 0.15) is 122 Å². The normalized spacial score (nSPS) is 21.8. The zero-order chi connectivity index (χ0) is 51.9. The van der Waals surface area contributed by atoms with Gasteiger partial charge in [-0.3, -0.25) is 0 Å². The molecule has 0 aromatic carbocycles. The van der Waals surface area contributed by atoms with Crippen molar-refractivity contribution in [2.24, 2.45) is 16.7 Å². The van der Waals surface area contributed by atoms with Crippen LogP contribution in [0.2, 0.25) is 54.4 Å². The molecule has 0 N–H and O–H groups in total. The van der Waals surface area contributed by atoms with Crippen LogP contribution >= 0.6 is 11.6 Å². The Kier molecular flexibility index (Phi) is 21.5. The summed E-state index contributed by atoms with van der Waals surface area (Å²) in [6.07, 6.45) is 3.57. The molecular weight excluding hydrogens is 852 g/mol. The van der Waals surface area contributed by atoms with Gasteiger partial charge in [0.1, 0.15) is 11.5 Å². The first-order valence-electron chi connectivity index (χ1n) is 24.2. The smallest absolute Gasteiger partial charge is 0.314 e. The summed E-state index contributed by atoms with van der Waals surface area (Å²) < 4.78 is 21.6. The average molecular weight is 923 g/mol. The Bertz CT molecular complexity index is 1820. The molecule has 325 valence electrons. The lowest BCUT2D eigenvalue weighted by atomic mass is 8.39. The second kappa shape index (κ2) is 22.7. The molecule has 0 spiro atoms. The van der Waals surface area contributed by atoms with E-state index in [1.54, 1.807) is 0 Å². The lowest BCUT2D eigenvalue weighted by Gasteiger charge is -2.55. The van der Waals surface area contributed by atoms with E-state index in [1.807, 2.05) is 0 Å². The molecule has 22 radical (unpaired) electrons. The monoisotopic (exact) mass is 926 g/mol. The van der Waals surface area contributed by atoms with Crippen LogP contribution in [0.15, 0.2) is 45.4 Å². The molecular formula is C39H70B20ClO3Si3-2. The van der Waals surface area contributed by atoms with Crippen LogP contribution in [0, 0.1) is 16.7 Å². The SMILES string of the molecule is CC1=C(/C=C2\C(=[O+][Si-](C)(C)C(C)(C)C)C=C(O[Si-](C)(C)C(C)(C)C)C(O[Si-](C)(C)C(C)(C)C)=C2Cl)[C@@]2(C)CCCC(C)(C)[C@@H]2CC1.[B]B([B])B([B])B(B(B([B])[B])B([B])[B])B(B([B])[B])B([B])[B]. The minimum atomic E-state index is -2.28. The van der Waals surface area contributed by atoms with Gasteiger partial charge >= 0.3 is 8.32 Å². The summed E-state index contributed by atoms with van der Waals surface area (Å²) in [6, 6.07) is 0. The van der Waals surface area contributed by atoms with Crippen LogP contribution in [0.4, 0.5) is 0 Å². The highest BCUT2D eigenvalue weighted by Gasteiger charge is 2.51. The molecule has 0 bridgehead atoms. The maximum Gasteiger partial charge on any atom is 0.314 e. The quantitative estimate of drug-likeness (QED) is 0.127. The zero-order valence-electron chi connectivity index (χ0n) is 44.9. The van der Waals surface area contributed by atoms with Crippen LogP contribution in [0.3, 0.4) is 0 Å². The molecule has 0 saturated heterocycles. The Labute approximate surface area is 433 Å². The Morgan fingerprint density at radius 2 is 1.11 bits per heavy atom. The van der Waals surface area contributed by atoms with Gasteiger partial charge in [0.25, 0.3) is 5.78 Å². The molecule has 0 amide bonds. The molecule has 27 heteroatoms. The highest BCUT2D eigenvalue weighted by atomic mass is 35.5. The van der Waals surface area contributed by atoms with Gasteiger partial charge < -0.3 is 13.0 Å². The topological polar surface area (TPSA) is 29.8 Å². The van der Waals surface area contributed by atoms with E-state index in [1.165, 1.54) is 36.8 Å². The van der Waals surface area contributed by atoms with E-state index in [4.69, 9.17) is 110 Å². The van der Waals surface area contributed by atoms with Gasteiger partial charge in [-0.15, -0.1) is 36.3 Å². The van der Waals surface area contributed by atoms with Crippen molar-refractivity contribution in [2.75, 3.05) is 0 Å². The first-order valence-corrected chi connectivity index (χ1v) is 33.3. The van der Waals surface area contributed by atoms with Crippen molar-refractivity contribution in [1.29, 1.82) is 0 Å². The molecule has 2 atom stereocenters. The zero-order valence-corrected chi connectivity index (χ0v) is 48.7. The third-order valence-electron chi connectivity index (χ3n) is 16.7. The fraction of sp³-hybridized carbons (Fsp3) is 0.769. The predicted molar refractivity (Wildman–Crippen MR) is 324 cm³/mol.